The van der Waals surface area contributed by atoms with Crippen molar-refractivity contribution in [1.29, 1.82) is 10.5 Å². The fraction of sp³-hybridized carbons (Fsp3) is 0.452. The van der Waals surface area contributed by atoms with Crippen LogP contribution in [0.5, 0.6) is 5.88 Å². The SMILES string of the molecule is CN1CCC[C@H]1COc1nc(N2CCN[C@@H](CC#N)C2)c2c(c1C#N)CN(c1cccc3ccccc13)CC2.Cl. The molecule has 2 saturated heterocycles. The van der Waals surface area contributed by atoms with Crippen molar-refractivity contribution in [3.63, 3.8) is 0 Å². The number of ether oxygens (including phenoxy) is 1. The molecule has 1 aromatic heterocycles. The van der Waals surface area contributed by atoms with Gasteiger partial charge in [0.05, 0.1) is 12.5 Å². The second kappa shape index (κ2) is 12.3. The van der Waals surface area contributed by atoms with E-state index in [9.17, 15) is 10.5 Å². The zero-order valence-electron chi connectivity index (χ0n) is 23.0. The first-order valence-corrected chi connectivity index (χ1v) is 14.0. The Morgan fingerprint density at radius 2 is 1.90 bits per heavy atom. The number of nitriles is 2. The molecule has 0 amide bonds. The van der Waals surface area contributed by atoms with Crippen molar-refractivity contribution in [2.45, 2.75) is 44.3 Å². The van der Waals surface area contributed by atoms with E-state index < -0.39 is 0 Å². The summed E-state index contributed by atoms with van der Waals surface area (Å²) < 4.78 is 6.38. The highest BCUT2D eigenvalue weighted by Gasteiger charge is 2.32. The molecule has 0 radical (unpaired) electrons. The molecule has 0 saturated carbocycles. The van der Waals surface area contributed by atoms with Crippen LogP contribution in [-0.2, 0) is 13.0 Å². The Labute approximate surface area is 242 Å². The lowest BCUT2D eigenvalue weighted by Gasteiger charge is -2.38. The molecule has 4 heterocycles. The smallest absolute Gasteiger partial charge is 0.234 e. The molecule has 0 unspecified atom stereocenters. The van der Waals surface area contributed by atoms with E-state index in [1.807, 2.05) is 0 Å². The van der Waals surface area contributed by atoms with Crippen molar-refractivity contribution in [3.8, 4) is 18.0 Å². The molecule has 40 heavy (non-hydrogen) atoms. The molecule has 3 aliphatic rings. The third-order valence-corrected chi connectivity index (χ3v) is 8.53. The molecule has 208 valence electrons. The Morgan fingerprint density at radius 3 is 2.70 bits per heavy atom. The van der Waals surface area contributed by atoms with Gasteiger partial charge < -0.3 is 24.8 Å². The Balaban J connectivity index is 0.00000323. The first-order valence-electron chi connectivity index (χ1n) is 14.0. The van der Waals surface area contributed by atoms with Gasteiger partial charge in [-0.15, -0.1) is 12.4 Å². The number of likely N-dealkylation sites (N-methyl/N-ethyl adjacent to an activating group) is 1. The normalized spacial score (nSPS) is 20.9. The molecule has 0 aliphatic carbocycles. The molecule has 6 rings (SSSR count). The van der Waals surface area contributed by atoms with Gasteiger partial charge in [-0.3, -0.25) is 0 Å². The van der Waals surface area contributed by atoms with Crippen LogP contribution < -0.4 is 19.9 Å². The average molecular weight is 558 g/mol. The zero-order chi connectivity index (χ0) is 26.8. The van der Waals surface area contributed by atoms with Crippen LogP contribution >= 0.6 is 12.4 Å². The molecule has 2 aromatic carbocycles. The van der Waals surface area contributed by atoms with Crippen molar-refractivity contribution in [1.82, 2.24) is 15.2 Å². The van der Waals surface area contributed by atoms with Crippen LogP contribution in [-0.4, -0.2) is 68.3 Å². The lowest BCUT2D eigenvalue weighted by molar-refractivity contribution is 0.192. The predicted octanol–water partition coefficient (Wildman–Crippen LogP) is 4.26. The number of hydrogen-bond acceptors (Lipinski definition) is 8. The van der Waals surface area contributed by atoms with Gasteiger partial charge in [0.15, 0.2) is 0 Å². The van der Waals surface area contributed by atoms with Crippen molar-refractivity contribution in [2.75, 3.05) is 56.2 Å². The molecule has 3 aliphatic heterocycles. The van der Waals surface area contributed by atoms with Gasteiger partial charge in [0.2, 0.25) is 5.88 Å². The maximum atomic E-state index is 10.4. The molecule has 3 aromatic rings. The molecule has 0 bridgehead atoms. The number of piperazine rings is 1. The van der Waals surface area contributed by atoms with Crippen LogP contribution in [0.2, 0.25) is 0 Å². The van der Waals surface area contributed by atoms with Crippen molar-refractivity contribution in [3.05, 3.63) is 59.2 Å². The number of aromatic nitrogens is 1. The topological polar surface area (TPSA) is 91.5 Å². The molecule has 2 atom stereocenters. The number of likely N-dealkylation sites (tertiary alicyclic amines) is 1. The number of benzene rings is 2. The molecule has 0 spiro atoms. The van der Waals surface area contributed by atoms with Crippen LogP contribution in [0.3, 0.4) is 0 Å². The monoisotopic (exact) mass is 557 g/mol. The fourth-order valence-electron chi connectivity index (χ4n) is 6.39. The Morgan fingerprint density at radius 1 is 1.05 bits per heavy atom. The summed E-state index contributed by atoms with van der Waals surface area (Å²) in [6, 6.07) is 20.1. The Bertz CT molecular complexity index is 1440. The Kier molecular flexibility index (Phi) is 8.61. The quantitative estimate of drug-likeness (QED) is 0.481. The summed E-state index contributed by atoms with van der Waals surface area (Å²) in [5.41, 5.74) is 3.91. The van der Waals surface area contributed by atoms with Gasteiger partial charge in [0, 0.05) is 67.0 Å². The first kappa shape index (κ1) is 28.0. The summed E-state index contributed by atoms with van der Waals surface area (Å²) in [4.78, 5) is 12.1. The van der Waals surface area contributed by atoms with E-state index in [0.29, 0.717) is 37.1 Å². The van der Waals surface area contributed by atoms with Crippen molar-refractivity contribution in [2.24, 2.45) is 0 Å². The predicted molar refractivity (Wildman–Crippen MR) is 160 cm³/mol. The van der Waals surface area contributed by atoms with Gasteiger partial charge in [-0.25, -0.2) is 0 Å². The first-order chi connectivity index (χ1) is 19.2. The maximum Gasteiger partial charge on any atom is 0.234 e. The van der Waals surface area contributed by atoms with Gasteiger partial charge in [-0.1, -0.05) is 36.4 Å². The molecule has 1 N–H and O–H groups in total. The van der Waals surface area contributed by atoms with E-state index in [0.717, 1.165) is 62.5 Å². The largest absolute Gasteiger partial charge is 0.475 e. The van der Waals surface area contributed by atoms with Crippen molar-refractivity contribution >= 4 is 34.7 Å². The second-order valence-corrected chi connectivity index (χ2v) is 10.9. The lowest BCUT2D eigenvalue weighted by atomic mass is 9.94. The van der Waals surface area contributed by atoms with Gasteiger partial charge in [0.25, 0.3) is 0 Å². The number of halogens is 1. The highest BCUT2D eigenvalue weighted by atomic mass is 35.5. The molecular weight excluding hydrogens is 522 g/mol. The van der Waals surface area contributed by atoms with E-state index in [-0.39, 0.29) is 18.4 Å². The van der Waals surface area contributed by atoms with Crippen LogP contribution in [0.15, 0.2) is 42.5 Å². The minimum Gasteiger partial charge on any atom is -0.475 e. The van der Waals surface area contributed by atoms with Crippen LogP contribution in [0, 0.1) is 22.7 Å². The van der Waals surface area contributed by atoms with Gasteiger partial charge in [-0.2, -0.15) is 15.5 Å². The summed E-state index contributed by atoms with van der Waals surface area (Å²) in [5.74, 6) is 1.36. The summed E-state index contributed by atoms with van der Waals surface area (Å²) in [7, 11) is 2.13. The molecular formula is C31H36ClN7O. The van der Waals surface area contributed by atoms with Crippen LogP contribution in [0.4, 0.5) is 11.5 Å². The highest BCUT2D eigenvalue weighted by Crippen LogP contribution is 2.38. The zero-order valence-corrected chi connectivity index (χ0v) is 23.8. The Hall–Kier alpha value is -3.56. The maximum absolute atomic E-state index is 10.4. The summed E-state index contributed by atoms with van der Waals surface area (Å²) in [5, 5.41) is 25.6. The van der Waals surface area contributed by atoms with Gasteiger partial charge >= 0.3 is 0 Å². The number of anilines is 2. The van der Waals surface area contributed by atoms with E-state index in [2.05, 4.69) is 81.7 Å². The number of rotatable bonds is 6. The number of hydrogen-bond donors (Lipinski definition) is 1. The summed E-state index contributed by atoms with van der Waals surface area (Å²) in [6.07, 6.45) is 3.52. The van der Waals surface area contributed by atoms with Gasteiger partial charge in [-0.05, 0) is 44.3 Å². The van der Waals surface area contributed by atoms with E-state index in [4.69, 9.17) is 9.72 Å². The summed E-state index contributed by atoms with van der Waals surface area (Å²) >= 11 is 0. The van der Waals surface area contributed by atoms with E-state index >= 15 is 0 Å². The standard InChI is InChI=1S/C31H35N7O.ClH/c1-36-15-5-8-24(36)21-39-31-27(18-33)28-20-37(29-10-4-7-22-6-2-3-9-25(22)29)16-12-26(28)30(35-31)38-17-14-34-23(19-38)11-13-32;/h2-4,6-7,9-10,23-24,34H,5,8,11-12,14-17,19-21H2,1H3;1H/t23-,24-;/m0./s1. The number of nitrogens with zero attached hydrogens (tertiary/aromatic N) is 6. The molecule has 2 fully saturated rings. The molecule has 9 heteroatoms. The molecule has 8 nitrogen and oxygen atoms in total. The van der Waals surface area contributed by atoms with Crippen LogP contribution in [0.1, 0.15) is 36.0 Å². The number of fused-ring (bicyclic) bond motifs is 2. The lowest BCUT2D eigenvalue weighted by Crippen LogP contribution is -2.51. The van der Waals surface area contributed by atoms with Gasteiger partial charge in [0.1, 0.15) is 24.1 Å². The average Bonchev–Trinajstić information content (AvgIpc) is 3.39. The number of nitrogens with one attached hydrogen (secondary N) is 1. The number of pyridine rings is 1. The van der Waals surface area contributed by atoms with Crippen LogP contribution in [0.25, 0.3) is 10.8 Å². The summed E-state index contributed by atoms with van der Waals surface area (Å²) in [6.45, 7) is 5.41. The fourth-order valence-corrected chi connectivity index (χ4v) is 6.39. The second-order valence-electron chi connectivity index (χ2n) is 10.9. The van der Waals surface area contributed by atoms with E-state index in [1.165, 1.54) is 22.9 Å². The minimum atomic E-state index is 0. The van der Waals surface area contributed by atoms with Crippen molar-refractivity contribution < 1.29 is 4.74 Å². The van der Waals surface area contributed by atoms with E-state index in [1.54, 1.807) is 0 Å². The third kappa shape index (κ3) is 5.40. The highest BCUT2D eigenvalue weighted by molar-refractivity contribution is 5.94. The third-order valence-electron chi connectivity index (χ3n) is 8.53. The minimum absolute atomic E-state index is 0.